The lowest BCUT2D eigenvalue weighted by molar-refractivity contribution is 0.101. The van der Waals surface area contributed by atoms with Gasteiger partial charge in [0.2, 0.25) is 0 Å². The van der Waals surface area contributed by atoms with Gasteiger partial charge in [0.25, 0.3) is 0 Å². The fourth-order valence-corrected chi connectivity index (χ4v) is 1.89. The molecule has 19 heavy (non-hydrogen) atoms. The van der Waals surface area contributed by atoms with Crippen LogP contribution in [0.1, 0.15) is 35.8 Å². The predicted molar refractivity (Wildman–Crippen MR) is 74.9 cm³/mol. The van der Waals surface area contributed by atoms with Crippen LogP contribution in [0.4, 0.5) is 10.1 Å². The molecule has 0 aliphatic carbocycles. The van der Waals surface area contributed by atoms with E-state index in [1.54, 1.807) is 31.2 Å². The molecule has 0 saturated heterocycles. The van der Waals surface area contributed by atoms with E-state index in [-0.39, 0.29) is 17.6 Å². The van der Waals surface area contributed by atoms with Gasteiger partial charge in [0, 0.05) is 17.3 Å². The number of hydrogen-bond acceptors (Lipinski definition) is 2. The zero-order valence-electron chi connectivity index (χ0n) is 11.0. The first-order valence-corrected chi connectivity index (χ1v) is 6.19. The van der Waals surface area contributed by atoms with E-state index < -0.39 is 0 Å². The highest BCUT2D eigenvalue weighted by atomic mass is 19.1. The van der Waals surface area contributed by atoms with Gasteiger partial charge in [0.05, 0.1) is 0 Å². The van der Waals surface area contributed by atoms with Crippen molar-refractivity contribution in [2.75, 3.05) is 5.32 Å². The van der Waals surface area contributed by atoms with Gasteiger partial charge in [-0.15, -0.1) is 0 Å². The third-order valence-corrected chi connectivity index (χ3v) is 3.04. The Kier molecular flexibility index (Phi) is 3.95. The molecule has 0 aromatic heterocycles. The second-order valence-electron chi connectivity index (χ2n) is 4.55. The molecule has 2 rings (SSSR count). The molecule has 3 heteroatoms. The number of Topliss-reactive ketones (excluding diaryl/α,β-unsaturated/α-hetero) is 1. The molecule has 1 unspecified atom stereocenters. The highest BCUT2D eigenvalue weighted by molar-refractivity contribution is 5.94. The number of hydrogen-bond donors (Lipinski definition) is 1. The van der Waals surface area contributed by atoms with Gasteiger partial charge in [-0.3, -0.25) is 4.79 Å². The maximum absolute atomic E-state index is 12.8. The van der Waals surface area contributed by atoms with Crippen molar-refractivity contribution in [3.8, 4) is 0 Å². The number of halogens is 1. The van der Waals surface area contributed by atoms with E-state index in [0.29, 0.717) is 5.56 Å². The van der Waals surface area contributed by atoms with Crippen molar-refractivity contribution in [1.29, 1.82) is 0 Å². The highest BCUT2D eigenvalue weighted by Crippen LogP contribution is 2.20. The number of benzene rings is 2. The minimum absolute atomic E-state index is 0.0538. The van der Waals surface area contributed by atoms with Crippen LogP contribution in [0.3, 0.4) is 0 Å². The second-order valence-corrected chi connectivity index (χ2v) is 4.55. The van der Waals surface area contributed by atoms with Gasteiger partial charge in [0.1, 0.15) is 5.82 Å². The Morgan fingerprint density at radius 3 is 2.16 bits per heavy atom. The molecule has 0 spiro atoms. The second kappa shape index (κ2) is 5.65. The summed E-state index contributed by atoms with van der Waals surface area (Å²) in [6.45, 7) is 3.55. The molecule has 1 N–H and O–H groups in total. The van der Waals surface area contributed by atoms with Crippen LogP contribution in [0, 0.1) is 5.82 Å². The first kappa shape index (κ1) is 13.3. The summed E-state index contributed by atoms with van der Waals surface area (Å²) >= 11 is 0. The summed E-state index contributed by atoms with van der Waals surface area (Å²) in [6, 6.07) is 13.8. The summed E-state index contributed by atoms with van der Waals surface area (Å²) in [6.07, 6.45) is 0. The van der Waals surface area contributed by atoms with Gasteiger partial charge in [-0.05, 0) is 55.8 Å². The van der Waals surface area contributed by atoms with E-state index in [4.69, 9.17) is 0 Å². The third-order valence-electron chi connectivity index (χ3n) is 3.04. The molecule has 0 amide bonds. The van der Waals surface area contributed by atoms with Crippen molar-refractivity contribution >= 4 is 11.5 Å². The lowest BCUT2D eigenvalue weighted by Crippen LogP contribution is -2.06. The molecular formula is C16H16FNO. The van der Waals surface area contributed by atoms with Crippen molar-refractivity contribution in [2.24, 2.45) is 0 Å². The molecule has 0 aliphatic rings. The summed E-state index contributed by atoms with van der Waals surface area (Å²) in [7, 11) is 0. The van der Waals surface area contributed by atoms with Crippen molar-refractivity contribution in [1.82, 2.24) is 0 Å². The Balaban J connectivity index is 2.08. The first-order valence-electron chi connectivity index (χ1n) is 6.19. The van der Waals surface area contributed by atoms with E-state index in [2.05, 4.69) is 5.32 Å². The standard InChI is InChI=1S/C16H16FNO/c1-11(13-3-7-15(17)8-4-13)18-16-9-5-14(6-10-16)12(2)19/h3-11,18H,1-2H3. The molecule has 1 atom stereocenters. The summed E-state index contributed by atoms with van der Waals surface area (Å²) < 4.78 is 12.8. The largest absolute Gasteiger partial charge is 0.379 e. The average molecular weight is 257 g/mol. The molecule has 2 aromatic carbocycles. The van der Waals surface area contributed by atoms with E-state index in [0.717, 1.165) is 11.3 Å². The minimum Gasteiger partial charge on any atom is -0.379 e. The van der Waals surface area contributed by atoms with Crippen LogP contribution in [0.2, 0.25) is 0 Å². The van der Waals surface area contributed by atoms with E-state index in [1.807, 2.05) is 19.1 Å². The molecule has 2 aromatic rings. The zero-order chi connectivity index (χ0) is 13.8. The lowest BCUT2D eigenvalue weighted by atomic mass is 10.1. The maximum atomic E-state index is 12.8. The van der Waals surface area contributed by atoms with Crippen LogP contribution < -0.4 is 5.32 Å². The van der Waals surface area contributed by atoms with Crippen molar-refractivity contribution in [3.05, 3.63) is 65.5 Å². The van der Waals surface area contributed by atoms with Crippen molar-refractivity contribution in [3.63, 3.8) is 0 Å². The van der Waals surface area contributed by atoms with Crippen LogP contribution in [0.25, 0.3) is 0 Å². The predicted octanol–water partition coefficient (Wildman–Crippen LogP) is 4.20. The van der Waals surface area contributed by atoms with E-state index >= 15 is 0 Å². The molecule has 0 radical (unpaired) electrons. The third kappa shape index (κ3) is 3.41. The van der Waals surface area contributed by atoms with Crippen LogP contribution in [0.5, 0.6) is 0 Å². The van der Waals surface area contributed by atoms with Crippen LogP contribution in [-0.2, 0) is 0 Å². The Hall–Kier alpha value is -2.16. The molecule has 0 bridgehead atoms. The van der Waals surface area contributed by atoms with Gasteiger partial charge >= 0.3 is 0 Å². The number of ketones is 1. The molecule has 0 fully saturated rings. The summed E-state index contributed by atoms with van der Waals surface area (Å²) in [5.74, 6) is -0.181. The molecular weight excluding hydrogens is 241 g/mol. The maximum Gasteiger partial charge on any atom is 0.159 e. The minimum atomic E-state index is -0.234. The average Bonchev–Trinajstić information content (AvgIpc) is 2.40. The van der Waals surface area contributed by atoms with Gasteiger partial charge in [-0.1, -0.05) is 12.1 Å². The van der Waals surface area contributed by atoms with Gasteiger partial charge in [-0.25, -0.2) is 4.39 Å². The normalized spacial score (nSPS) is 11.9. The van der Waals surface area contributed by atoms with Crippen LogP contribution in [0.15, 0.2) is 48.5 Å². The van der Waals surface area contributed by atoms with Crippen LogP contribution in [-0.4, -0.2) is 5.78 Å². The zero-order valence-corrected chi connectivity index (χ0v) is 11.0. The van der Waals surface area contributed by atoms with E-state index in [1.165, 1.54) is 12.1 Å². The fraction of sp³-hybridized carbons (Fsp3) is 0.188. The van der Waals surface area contributed by atoms with Gasteiger partial charge in [-0.2, -0.15) is 0 Å². The van der Waals surface area contributed by atoms with Crippen molar-refractivity contribution < 1.29 is 9.18 Å². The van der Waals surface area contributed by atoms with Gasteiger partial charge in [0.15, 0.2) is 5.78 Å². The molecule has 0 heterocycles. The number of carbonyl (C=O) groups excluding carboxylic acids is 1. The Bertz CT molecular complexity index is 560. The number of nitrogens with one attached hydrogen (secondary N) is 1. The van der Waals surface area contributed by atoms with Crippen LogP contribution >= 0.6 is 0 Å². The van der Waals surface area contributed by atoms with Crippen molar-refractivity contribution in [2.45, 2.75) is 19.9 Å². The first-order chi connectivity index (χ1) is 9.06. The topological polar surface area (TPSA) is 29.1 Å². The Labute approximate surface area is 112 Å². The summed E-state index contributed by atoms with van der Waals surface area (Å²) in [4.78, 5) is 11.2. The molecule has 0 aliphatic heterocycles. The molecule has 0 saturated carbocycles. The summed E-state index contributed by atoms with van der Waals surface area (Å²) in [5, 5.41) is 3.31. The monoisotopic (exact) mass is 257 g/mol. The van der Waals surface area contributed by atoms with Gasteiger partial charge < -0.3 is 5.32 Å². The quantitative estimate of drug-likeness (QED) is 0.832. The van der Waals surface area contributed by atoms with E-state index in [9.17, 15) is 9.18 Å². The highest BCUT2D eigenvalue weighted by Gasteiger charge is 2.06. The molecule has 98 valence electrons. The number of rotatable bonds is 4. The number of carbonyl (C=O) groups is 1. The number of anilines is 1. The molecule has 2 nitrogen and oxygen atoms in total. The Morgan fingerprint density at radius 2 is 1.63 bits per heavy atom. The Morgan fingerprint density at radius 1 is 1.05 bits per heavy atom. The summed E-state index contributed by atoms with van der Waals surface area (Å²) in [5.41, 5.74) is 2.64. The SMILES string of the molecule is CC(=O)c1ccc(NC(C)c2ccc(F)cc2)cc1. The fourth-order valence-electron chi connectivity index (χ4n) is 1.89. The lowest BCUT2D eigenvalue weighted by Gasteiger charge is -2.15. The smallest absolute Gasteiger partial charge is 0.159 e.